The van der Waals surface area contributed by atoms with Gasteiger partial charge < -0.3 is 11.1 Å². The first-order valence-electron chi connectivity index (χ1n) is 5.43. The van der Waals surface area contributed by atoms with Gasteiger partial charge in [0, 0.05) is 10.2 Å². The first-order chi connectivity index (χ1) is 8.58. The first kappa shape index (κ1) is 13.1. The largest absolute Gasteiger partial charge is 0.369 e. The summed E-state index contributed by atoms with van der Waals surface area (Å²) in [6.07, 6.45) is 0. The Morgan fingerprint density at radius 2 is 2.00 bits per heavy atom. The van der Waals surface area contributed by atoms with Gasteiger partial charge in [-0.2, -0.15) is 0 Å². The van der Waals surface area contributed by atoms with E-state index in [9.17, 15) is 4.79 Å². The van der Waals surface area contributed by atoms with Crippen molar-refractivity contribution in [3.63, 3.8) is 0 Å². The number of rotatable bonds is 4. The molecule has 0 saturated carbocycles. The highest BCUT2D eigenvalue weighted by molar-refractivity contribution is 9.10. The zero-order valence-corrected chi connectivity index (χ0v) is 12.2. The molecule has 0 bridgehead atoms. The summed E-state index contributed by atoms with van der Waals surface area (Å²) in [5.74, 6) is -0.390. The minimum Gasteiger partial charge on any atom is -0.369 e. The molecule has 0 spiro atoms. The van der Waals surface area contributed by atoms with Crippen LogP contribution in [0.5, 0.6) is 0 Å². The van der Waals surface area contributed by atoms with Crippen molar-refractivity contribution in [2.45, 2.75) is 13.0 Å². The highest BCUT2D eigenvalue weighted by Gasteiger charge is 2.21. The van der Waals surface area contributed by atoms with Gasteiger partial charge in [0.15, 0.2) is 0 Å². The molecule has 1 amide bonds. The van der Waals surface area contributed by atoms with Gasteiger partial charge >= 0.3 is 0 Å². The average Bonchev–Trinajstić information content (AvgIpc) is 2.74. The van der Waals surface area contributed by atoms with Crippen molar-refractivity contribution in [3.8, 4) is 0 Å². The van der Waals surface area contributed by atoms with Crippen molar-refractivity contribution in [3.05, 3.63) is 50.6 Å². The summed E-state index contributed by atoms with van der Waals surface area (Å²) < 4.78 is 0.899. The fourth-order valence-electron chi connectivity index (χ4n) is 1.59. The van der Waals surface area contributed by atoms with E-state index < -0.39 is 11.9 Å². The van der Waals surface area contributed by atoms with Crippen LogP contribution in [-0.4, -0.2) is 5.91 Å². The van der Waals surface area contributed by atoms with Crippen LogP contribution in [0.4, 0.5) is 5.69 Å². The molecule has 3 nitrogen and oxygen atoms in total. The predicted molar refractivity (Wildman–Crippen MR) is 78.8 cm³/mol. The standard InChI is InChI=1S/C13H13BrN2OS/c1-8-2-4-9(5-3-8)16-11(13(15)17)12-10(14)6-7-18-12/h2-7,11,16H,1H3,(H2,15,17). The Bertz CT molecular complexity index is 550. The molecule has 1 aromatic heterocycles. The third kappa shape index (κ3) is 2.91. The number of nitrogens with two attached hydrogens (primary N) is 1. The van der Waals surface area contributed by atoms with E-state index in [0.29, 0.717) is 0 Å². The molecule has 3 N–H and O–H groups in total. The fraction of sp³-hybridized carbons (Fsp3) is 0.154. The van der Waals surface area contributed by atoms with Crippen LogP contribution < -0.4 is 11.1 Å². The minimum atomic E-state index is -0.512. The highest BCUT2D eigenvalue weighted by atomic mass is 79.9. The molecule has 1 unspecified atom stereocenters. The molecule has 1 aromatic carbocycles. The maximum atomic E-state index is 11.6. The lowest BCUT2D eigenvalue weighted by Gasteiger charge is -2.16. The van der Waals surface area contributed by atoms with Crippen LogP contribution in [-0.2, 0) is 4.79 Å². The van der Waals surface area contributed by atoms with Crippen LogP contribution >= 0.6 is 27.3 Å². The number of carbonyl (C=O) groups excluding carboxylic acids is 1. The molecule has 5 heteroatoms. The number of hydrogen-bond acceptors (Lipinski definition) is 3. The lowest BCUT2D eigenvalue weighted by Crippen LogP contribution is -2.27. The molecular weight excluding hydrogens is 312 g/mol. The van der Waals surface area contributed by atoms with E-state index in [-0.39, 0.29) is 0 Å². The zero-order chi connectivity index (χ0) is 13.1. The topological polar surface area (TPSA) is 55.1 Å². The Kier molecular flexibility index (Phi) is 4.04. The number of hydrogen-bond donors (Lipinski definition) is 2. The minimum absolute atomic E-state index is 0.390. The smallest absolute Gasteiger partial charge is 0.245 e. The molecule has 0 fully saturated rings. The van der Waals surface area contributed by atoms with Gasteiger partial charge in [-0.15, -0.1) is 11.3 Å². The maximum Gasteiger partial charge on any atom is 0.245 e. The Hall–Kier alpha value is -1.33. The number of thiophene rings is 1. The molecule has 0 radical (unpaired) electrons. The Morgan fingerprint density at radius 3 is 2.50 bits per heavy atom. The lowest BCUT2D eigenvalue weighted by molar-refractivity contribution is -0.118. The summed E-state index contributed by atoms with van der Waals surface area (Å²) >= 11 is 4.92. The van der Waals surface area contributed by atoms with Crippen molar-refractivity contribution in [1.82, 2.24) is 0 Å². The Morgan fingerprint density at radius 1 is 1.33 bits per heavy atom. The van der Waals surface area contributed by atoms with E-state index in [4.69, 9.17) is 5.73 Å². The number of nitrogens with one attached hydrogen (secondary N) is 1. The molecule has 18 heavy (non-hydrogen) atoms. The summed E-state index contributed by atoms with van der Waals surface area (Å²) in [7, 11) is 0. The summed E-state index contributed by atoms with van der Waals surface area (Å²) in [5.41, 5.74) is 7.51. The molecule has 94 valence electrons. The molecule has 0 saturated heterocycles. The van der Waals surface area contributed by atoms with Crippen LogP contribution in [0.15, 0.2) is 40.2 Å². The quantitative estimate of drug-likeness (QED) is 0.904. The zero-order valence-electron chi connectivity index (χ0n) is 9.81. The number of anilines is 1. The van der Waals surface area contributed by atoms with Gasteiger partial charge in [0.05, 0.1) is 4.88 Å². The summed E-state index contributed by atoms with van der Waals surface area (Å²) in [4.78, 5) is 12.5. The summed E-state index contributed by atoms with van der Waals surface area (Å²) in [5, 5.41) is 5.08. The second-order valence-electron chi connectivity index (χ2n) is 3.98. The van der Waals surface area contributed by atoms with Gasteiger partial charge in [-0.3, -0.25) is 4.79 Å². The van der Waals surface area contributed by atoms with Gasteiger partial charge in [-0.25, -0.2) is 0 Å². The Labute approximate surface area is 118 Å². The molecule has 1 atom stereocenters. The second kappa shape index (κ2) is 5.54. The summed E-state index contributed by atoms with van der Waals surface area (Å²) in [6.45, 7) is 2.02. The van der Waals surface area contributed by atoms with Gasteiger partial charge in [0.1, 0.15) is 6.04 Å². The Balaban J connectivity index is 2.25. The average molecular weight is 325 g/mol. The molecule has 2 aromatic rings. The molecular formula is C13H13BrN2OS. The van der Waals surface area contributed by atoms with E-state index in [1.807, 2.05) is 42.6 Å². The van der Waals surface area contributed by atoms with Crippen molar-refractivity contribution in [1.29, 1.82) is 0 Å². The number of carbonyl (C=O) groups is 1. The van der Waals surface area contributed by atoms with Crippen LogP contribution in [0, 0.1) is 6.92 Å². The first-order valence-corrected chi connectivity index (χ1v) is 7.10. The molecule has 0 aliphatic carbocycles. The third-order valence-electron chi connectivity index (χ3n) is 2.55. The maximum absolute atomic E-state index is 11.6. The van der Waals surface area contributed by atoms with E-state index >= 15 is 0 Å². The highest BCUT2D eigenvalue weighted by Crippen LogP contribution is 2.31. The van der Waals surface area contributed by atoms with Crippen molar-refractivity contribution >= 4 is 38.9 Å². The van der Waals surface area contributed by atoms with E-state index in [2.05, 4.69) is 21.2 Å². The second-order valence-corrected chi connectivity index (χ2v) is 5.78. The lowest BCUT2D eigenvalue weighted by atomic mass is 10.2. The normalized spacial score (nSPS) is 12.1. The van der Waals surface area contributed by atoms with E-state index in [0.717, 1.165) is 15.0 Å². The number of benzene rings is 1. The molecule has 0 aliphatic heterocycles. The number of aryl methyl sites for hydroxylation is 1. The number of amides is 1. The van der Waals surface area contributed by atoms with Crippen LogP contribution in [0.2, 0.25) is 0 Å². The predicted octanol–water partition coefficient (Wildman–Crippen LogP) is 3.46. The van der Waals surface area contributed by atoms with Crippen molar-refractivity contribution in [2.24, 2.45) is 5.73 Å². The van der Waals surface area contributed by atoms with E-state index in [1.165, 1.54) is 16.9 Å². The monoisotopic (exact) mass is 324 g/mol. The van der Waals surface area contributed by atoms with Gasteiger partial charge in [0.2, 0.25) is 5.91 Å². The number of primary amides is 1. The molecule has 0 aliphatic rings. The SMILES string of the molecule is Cc1ccc(NC(C(N)=O)c2sccc2Br)cc1. The van der Waals surface area contributed by atoms with Crippen molar-refractivity contribution < 1.29 is 4.79 Å². The van der Waals surface area contributed by atoms with Crippen molar-refractivity contribution in [2.75, 3.05) is 5.32 Å². The molecule has 2 rings (SSSR count). The van der Waals surface area contributed by atoms with Gasteiger partial charge in [0.25, 0.3) is 0 Å². The van der Waals surface area contributed by atoms with Crippen LogP contribution in [0.1, 0.15) is 16.5 Å². The van der Waals surface area contributed by atoms with Crippen LogP contribution in [0.3, 0.4) is 0 Å². The third-order valence-corrected chi connectivity index (χ3v) is 4.49. The number of halogens is 1. The van der Waals surface area contributed by atoms with Crippen LogP contribution in [0.25, 0.3) is 0 Å². The van der Waals surface area contributed by atoms with E-state index in [1.54, 1.807) is 0 Å². The summed E-state index contributed by atoms with van der Waals surface area (Å²) in [6, 6.07) is 9.25. The molecule has 1 heterocycles. The van der Waals surface area contributed by atoms with Gasteiger partial charge in [-0.05, 0) is 46.4 Å². The fourth-order valence-corrected chi connectivity index (χ4v) is 3.25. The van der Waals surface area contributed by atoms with Gasteiger partial charge in [-0.1, -0.05) is 17.7 Å².